The second kappa shape index (κ2) is 10.2. The lowest BCUT2D eigenvalue weighted by Gasteiger charge is -2.20. The molecule has 0 radical (unpaired) electrons. The smallest absolute Gasteiger partial charge is 0.315 e. The third-order valence-corrected chi connectivity index (χ3v) is 5.52. The van der Waals surface area contributed by atoms with Gasteiger partial charge in [-0.3, -0.25) is 9.78 Å². The Bertz CT molecular complexity index is 1160. The van der Waals surface area contributed by atoms with E-state index in [1.165, 1.54) is 17.4 Å². The fraction of sp³-hybridized carbons (Fsp3) is 0.455. The Kier molecular flexibility index (Phi) is 7.52. The second-order valence-electron chi connectivity index (χ2n) is 8.74. The number of hydrogen-bond donors (Lipinski definition) is 3. The maximum Gasteiger partial charge on any atom is 0.315 e. The van der Waals surface area contributed by atoms with Crippen LogP contribution in [0.2, 0.25) is 0 Å². The summed E-state index contributed by atoms with van der Waals surface area (Å²) in [7, 11) is 0. The number of nitrogens with zero attached hydrogens (tertiary/aromatic N) is 4. The number of aromatic nitrogens is 4. The first kappa shape index (κ1) is 24.4. The van der Waals surface area contributed by atoms with E-state index in [9.17, 15) is 14.0 Å². The number of urea groups is 1. The molecule has 0 fully saturated rings. The predicted octanol–water partition coefficient (Wildman–Crippen LogP) is 4.16. The normalized spacial score (nSPS) is 12.4. The summed E-state index contributed by atoms with van der Waals surface area (Å²) >= 11 is 1.36. The topological polar surface area (TPSA) is 122 Å². The fourth-order valence-corrected chi connectivity index (χ4v) is 3.94. The molecule has 0 bridgehead atoms. The zero-order chi connectivity index (χ0) is 24.2. The van der Waals surface area contributed by atoms with Crippen molar-refractivity contribution in [2.24, 2.45) is 0 Å². The molecule has 3 aromatic heterocycles. The Morgan fingerprint density at radius 2 is 1.94 bits per heavy atom. The van der Waals surface area contributed by atoms with Crippen LogP contribution in [-0.2, 0) is 0 Å². The molecule has 1 atom stereocenters. The van der Waals surface area contributed by atoms with Gasteiger partial charge in [0.25, 0.3) is 0 Å². The first-order valence-corrected chi connectivity index (χ1v) is 11.4. The number of carbonyl (C=O) groups excluding carboxylic acids is 2. The zero-order valence-corrected chi connectivity index (χ0v) is 20.1. The number of anilines is 1. The number of halogens is 1. The number of hydrogen-bond acceptors (Lipinski definition) is 8. The number of thiazole rings is 1. The number of ketones is 1. The minimum atomic E-state index is -0.437. The number of carbonyl (C=O) groups is 2. The lowest BCUT2D eigenvalue weighted by Crippen LogP contribution is -2.46. The average molecular weight is 474 g/mol. The van der Waals surface area contributed by atoms with E-state index in [0.29, 0.717) is 28.9 Å². The van der Waals surface area contributed by atoms with E-state index in [1.807, 2.05) is 34.6 Å². The lowest BCUT2D eigenvalue weighted by atomic mass is 10.1. The van der Waals surface area contributed by atoms with Gasteiger partial charge in [0.05, 0.1) is 17.2 Å². The van der Waals surface area contributed by atoms with Crippen LogP contribution in [0, 0.1) is 12.7 Å². The largest absolute Gasteiger partial charge is 0.348 e. The summed E-state index contributed by atoms with van der Waals surface area (Å²) in [5.41, 5.74) is 1.02. The number of fused-ring (bicyclic) bond motifs is 1. The molecule has 3 N–H and O–H groups in total. The number of amides is 2. The summed E-state index contributed by atoms with van der Waals surface area (Å²) in [4.78, 5) is 42.0. The van der Waals surface area contributed by atoms with Gasteiger partial charge in [-0.15, -0.1) is 11.3 Å². The van der Waals surface area contributed by atoms with Gasteiger partial charge in [-0.1, -0.05) is 0 Å². The molecule has 3 rings (SSSR count). The Morgan fingerprint density at radius 3 is 2.64 bits per heavy atom. The van der Waals surface area contributed by atoms with Gasteiger partial charge in [0.15, 0.2) is 11.4 Å². The van der Waals surface area contributed by atoms with E-state index in [2.05, 4.69) is 35.9 Å². The predicted molar refractivity (Wildman–Crippen MR) is 126 cm³/mol. The molecule has 0 saturated carbocycles. The Labute approximate surface area is 195 Å². The summed E-state index contributed by atoms with van der Waals surface area (Å²) in [5, 5.41) is 9.44. The van der Waals surface area contributed by atoms with Gasteiger partial charge in [-0.05, 0) is 52.7 Å². The molecule has 9 nitrogen and oxygen atoms in total. The molecule has 33 heavy (non-hydrogen) atoms. The van der Waals surface area contributed by atoms with Crippen molar-refractivity contribution in [2.75, 3.05) is 11.9 Å². The quantitative estimate of drug-likeness (QED) is 0.332. The van der Waals surface area contributed by atoms with Gasteiger partial charge in [0.2, 0.25) is 5.95 Å². The van der Waals surface area contributed by atoms with E-state index in [4.69, 9.17) is 0 Å². The maximum atomic E-state index is 13.5. The molecular formula is C22H28FN7O2S. The van der Waals surface area contributed by atoms with Crippen LogP contribution >= 0.6 is 11.3 Å². The Hall–Kier alpha value is -3.21. The summed E-state index contributed by atoms with van der Waals surface area (Å²) in [6.45, 7) is 9.71. The van der Waals surface area contributed by atoms with Crippen LogP contribution in [0.15, 0.2) is 18.5 Å². The van der Waals surface area contributed by atoms with Crippen molar-refractivity contribution in [3.63, 3.8) is 0 Å². The van der Waals surface area contributed by atoms with Crippen LogP contribution in [0.25, 0.3) is 10.3 Å². The van der Waals surface area contributed by atoms with Crippen LogP contribution in [0.3, 0.4) is 0 Å². The van der Waals surface area contributed by atoms with Crippen molar-refractivity contribution >= 4 is 39.4 Å². The third kappa shape index (κ3) is 6.88. The minimum absolute atomic E-state index is 0.160. The standard InChI is InChI=1S/C22H28FN7O2S/c1-12(14-9-15(23)11-24-10-14)26-20-28-17(18-19(29-20)27-13(2)33-18)16(31)7-6-8-25-21(32)30-22(3,4)5/h9-12H,6-8H2,1-5H3,(H2,25,30,32)(H,26,28,29)/t12-/m0/s1. The second-order valence-corrected chi connectivity index (χ2v) is 9.94. The van der Waals surface area contributed by atoms with E-state index in [0.717, 1.165) is 11.2 Å². The highest BCUT2D eigenvalue weighted by Gasteiger charge is 2.20. The number of Topliss-reactive ketones (excluding diaryl/α,β-unsaturated/α-hetero) is 1. The number of nitrogens with one attached hydrogen (secondary N) is 3. The van der Waals surface area contributed by atoms with Crippen molar-refractivity contribution in [1.29, 1.82) is 0 Å². The molecule has 176 valence electrons. The molecule has 0 saturated heterocycles. The maximum absolute atomic E-state index is 13.5. The van der Waals surface area contributed by atoms with Crippen molar-refractivity contribution in [1.82, 2.24) is 30.6 Å². The molecule has 0 aliphatic rings. The molecule has 0 spiro atoms. The van der Waals surface area contributed by atoms with Crippen LogP contribution in [-0.4, -0.2) is 43.8 Å². The van der Waals surface area contributed by atoms with Gasteiger partial charge in [-0.25, -0.2) is 19.2 Å². The molecular weight excluding hydrogens is 445 g/mol. The molecule has 0 aliphatic carbocycles. The Morgan fingerprint density at radius 1 is 1.18 bits per heavy atom. The van der Waals surface area contributed by atoms with E-state index in [1.54, 1.807) is 6.20 Å². The van der Waals surface area contributed by atoms with E-state index in [-0.39, 0.29) is 41.5 Å². The van der Waals surface area contributed by atoms with Crippen molar-refractivity contribution < 1.29 is 14.0 Å². The van der Waals surface area contributed by atoms with Crippen LogP contribution in [0.1, 0.15) is 67.6 Å². The number of aryl methyl sites for hydroxylation is 1. The van der Waals surface area contributed by atoms with Crippen molar-refractivity contribution in [3.05, 3.63) is 40.5 Å². The number of rotatable bonds is 8. The van der Waals surface area contributed by atoms with E-state index >= 15 is 0 Å². The van der Waals surface area contributed by atoms with Crippen LogP contribution in [0.5, 0.6) is 0 Å². The summed E-state index contributed by atoms with van der Waals surface area (Å²) < 4.78 is 14.1. The minimum Gasteiger partial charge on any atom is -0.348 e. The van der Waals surface area contributed by atoms with Crippen LogP contribution in [0.4, 0.5) is 15.1 Å². The van der Waals surface area contributed by atoms with Gasteiger partial charge in [-0.2, -0.15) is 4.98 Å². The molecule has 3 aromatic rings. The highest BCUT2D eigenvalue weighted by Crippen LogP contribution is 2.27. The van der Waals surface area contributed by atoms with Crippen molar-refractivity contribution in [2.45, 2.75) is 59.0 Å². The highest BCUT2D eigenvalue weighted by molar-refractivity contribution is 7.18. The highest BCUT2D eigenvalue weighted by atomic mass is 32.1. The lowest BCUT2D eigenvalue weighted by molar-refractivity contribution is 0.0977. The molecule has 3 heterocycles. The summed E-state index contributed by atoms with van der Waals surface area (Å²) in [6, 6.07) is 0.772. The van der Waals surface area contributed by atoms with Crippen LogP contribution < -0.4 is 16.0 Å². The molecule has 11 heteroatoms. The summed E-state index contributed by atoms with van der Waals surface area (Å²) in [5.74, 6) is -0.365. The van der Waals surface area contributed by atoms with Gasteiger partial charge in [0, 0.05) is 24.7 Å². The first-order valence-electron chi connectivity index (χ1n) is 10.6. The third-order valence-electron chi connectivity index (χ3n) is 4.55. The van der Waals surface area contributed by atoms with Gasteiger partial charge >= 0.3 is 6.03 Å². The Balaban J connectivity index is 1.71. The average Bonchev–Trinajstić information content (AvgIpc) is 3.09. The molecule has 2 amide bonds. The first-order chi connectivity index (χ1) is 15.5. The zero-order valence-electron chi connectivity index (χ0n) is 19.3. The van der Waals surface area contributed by atoms with Gasteiger partial charge < -0.3 is 16.0 Å². The molecule has 0 unspecified atom stereocenters. The van der Waals surface area contributed by atoms with Crippen molar-refractivity contribution in [3.8, 4) is 0 Å². The monoisotopic (exact) mass is 473 g/mol. The summed E-state index contributed by atoms with van der Waals surface area (Å²) in [6.07, 6.45) is 3.37. The molecule has 0 aliphatic heterocycles. The van der Waals surface area contributed by atoms with E-state index < -0.39 is 5.82 Å². The SMILES string of the molecule is Cc1nc2nc(N[C@@H](C)c3cncc(F)c3)nc(C(=O)CCCNC(=O)NC(C)(C)C)c2s1. The molecule has 0 aromatic carbocycles. The van der Waals surface area contributed by atoms with Gasteiger partial charge in [0.1, 0.15) is 16.2 Å². The fourth-order valence-electron chi connectivity index (χ4n) is 3.08. The number of pyridine rings is 1.